The van der Waals surface area contributed by atoms with Crippen LogP contribution in [0.2, 0.25) is 0 Å². The van der Waals surface area contributed by atoms with E-state index in [2.05, 4.69) is 0 Å². The molecule has 2 aliphatic heterocycles. The van der Waals surface area contributed by atoms with Gasteiger partial charge in [-0.2, -0.15) is 11.8 Å². The Morgan fingerprint density at radius 1 is 1.35 bits per heavy atom. The molecular formula is C10H16N2O3S2. The van der Waals surface area contributed by atoms with Gasteiger partial charge in [-0.25, -0.2) is 9.59 Å². The predicted octanol–water partition coefficient (Wildman–Crippen LogP) is 1.00. The number of carboxylic acids is 1. The highest BCUT2D eigenvalue weighted by Crippen LogP contribution is 2.26. The van der Waals surface area contributed by atoms with Crippen molar-refractivity contribution in [2.24, 2.45) is 0 Å². The lowest BCUT2D eigenvalue weighted by atomic mass is 10.2. The Bertz CT molecular complexity index is 321. The molecule has 2 aliphatic rings. The van der Waals surface area contributed by atoms with E-state index in [1.165, 1.54) is 16.7 Å². The fourth-order valence-electron chi connectivity index (χ4n) is 2.02. The Morgan fingerprint density at radius 2 is 2.12 bits per heavy atom. The van der Waals surface area contributed by atoms with Gasteiger partial charge in [0.15, 0.2) is 0 Å². The largest absolute Gasteiger partial charge is 0.480 e. The van der Waals surface area contributed by atoms with Gasteiger partial charge in [-0.15, -0.1) is 11.8 Å². The zero-order chi connectivity index (χ0) is 12.4. The number of thioether (sulfide) groups is 2. The third-order valence-corrected chi connectivity index (χ3v) is 5.33. The van der Waals surface area contributed by atoms with E-state index in [9.17, 15) is 9.59 Å². The minimum absolute atomic E-state index is 0.144. The van der Waals surface area contributed by atoms with Crippen LogP contribution in [-0.2, 0) is 4.79 Å². The maximum Gasteiger partial charge on any atom is 0.327 e. The van der Waals surface area contributed by atoms with Gasteiger partial charge in [0.2, 0.25) is 0 Å². The molecule has 2 saturated heterocycles. The summed E-state index contributed by atoms with van der Waals surface area (Å²) >= 11 is 3.34. The first-order chi connectivity index (χ1) is 8.11. The molecule has 1 N–H and O–H groups in total. The normalized spacial score (nSPS) is 28.4. The third-order valence-electron chi connectivity index (χ3n) is 3.17. The minimum atomic E-state index is -0.905. The van der Waals surface area contributed by atoms with Crippen molar-refractivity contribution >= 4 is 35.5 Å². The number of nitrogens with zero attached hydrogens (tertiary/aromatic N) is 2. The molecule has 2 atom stereocenters. The standard InChI is InChI=1S/C10H16N2O3S2/c1-11(7-2-3-16-4-7)10(15)12-6-17-5-8(12)9(13)14/h7-8H,2-6H2,1H3,(H,13,14). The highest BCUT2D eigenvalue weighted by atomic mass is 32.2. The predicted molar refractivity (Wildman–Crippen MR) is 69.5 cm³/mol. The van der Waals surface area contributed by atoms with Crippen LogP contribution in [0.15, 0.2) is 0 Å². The van der Waals surface area contributed by atoms with Gasteiger partial charge in [-0.1, -0.05) is 0 Å². The number of hydrogen-bond donors (Lipinski definition) is 1. The van der Waals surface area contributed by atoms with E-state index in [0.717, 1.165) is 17.9 Å². The maximum atomic E-state index is 12.2. The van der Waals surface area contributed by atoms with Gasteiger partial charge < -0.3 is 14.9 Å². The quantitative estimate of drug-likeness (QED) is 0.815. The van der Waals surface area contributed by atoms with Crippen LogP contribution in [0, 0.1) is 0 Å². The summed E-state index contributed by atoms with van der Waals surface area (Å²) in [5.41, 5.74) is 0. The smallest absolute Gasteiger partial charge is 0.327 e. The van der Waals surface area contributed by atoms with Gasteiger partial charge in [0.05, 0.1) is 5.88 Å². The second-order valence-corrected chi connectivity index (χ2v) is 6.38. The van der Waals surface area contributed by atoms with Crippen LogP contribution in [-0.4, -0.2) is 69.2 Å². The number of aliphatic carboxylic acids is 1. The van der Waals surface area contributed by atoms with Gasteiger partial charge >= 0.3 is 12.0 Å². The van der Waals surface area contributed by atoms with Crippen molar-refractivity contribution in [3.05, 3.63) is 0 Å². The van der Waals surface area contributed by atoms with Crippen molar-refractivity contribution < 1.29 is 14.7 Å². The van der Waals surface area contributed by atoms with Crippen molar-refractivity contribution in [2.75, 3.05) is 30.2 Å². The summed E-state index contributed by atoms with van der Waals surface area (Å²) in [6, 6.07) is -0.550. The van der Waals surface area contributed by atoms with E-state index in [1.54, 1.807) is 11.9 Å². The molecule has 2 rings (SSSR count). The molecule has 0 aliphatic carbocycles. The molecule has 0 aromatic rings. The summed E-state index contributed by atoms with van der Waals surface area (Å²) in [5, 5.41) is 9.05. The molecule has 0 aromatic heterocycles. The topological polar surface area (TPSA) is 60.9 Å². The monoisotopic (exact) mass is 276 g/mol. The molecule has 0 radical (unpaired) electrons. The molecule has 2 unspecified atom stereocenters. The summed E-state index contributed by atoms with van der Waals surface area (Å²) in [6.07, 6.45) is 1.01. The molecular weight excluding hydrogens is 260 g/mol. The Kier molecular flexibility index (Phi) is 4.09. The summed E-state index contributed by atoms with van der Waals surface area (Å²) in [5.74, 6) is 2.12. The summed E-state index contributed by atoms with van der Waals surface area (Å²) < 4.78 is 0. The Balaban J connectivity index is 2.00. The molecule has 0 saturated carbocycles. The molecule has 0 aromatic carbocycles. The summed E-state index contributed by atoms with van der Waals surface area (Å²) in [6.45, 7) is 0. The molecule has 2 heterocycles. The first-order valence-electron chi connectivity index (χ1n) is 5.53. The van der Waals surface area contributed by atoms with Crippen molar-refractivity contribution in [3.63, 3.8) is 0 Å². The molecule has 7 heteroatoms. The van der Waals surface area contributed by atoms with Crippen molar-refractivity contribution in [2.45, 2.75) is 18.5 Å². The van der Waals surface area contributed by atoms with Crippen LogP contribution in [0.5, 0.6) is 0 Å². The molecule has 2 amide bonds. The summed E-state index contributed by atoms with van der Waals surface area (Å²) in [4.78, 5) is 26.4. The number of urea groups is 1. The Morgan fingerprint density at radius 3 is 2.71 bits per heavy atom. The number of amides is 2. The van der Waals surface area contributed by atoms with Crippen LogP contribution in [0.3, 0.4) is 0 Å². The van der Waals surface area contributed by atoms with E-state index < -0.39 is 12.0 Å². The van der Waals surface area contributed by atoms with E-state index in [-0.39, 0.29) is 12.1 Å². The van der Waals surface area contributed by atoms with Crippen LogP contribution >= 0.6 is 23.5 Å². The number of carbonyl (C=O) groups is 2. The molecule has 0 bridgehead atoms. The number of carbonyl (C=O) groups excluding carboxylic acids is 1. The molecule has 17 heavy (non-hydrogen) atoms. The molecule has 96 valence electrons. The zero-order valence-electron chi connectivity index (χ0n) is 9.66. The number of rotatable bonds is 2. The molecule has 2 fully saturated rings. The number of carboxylic acid groups (broad SMARTS) is 1. The van der Waals surface area contributed by atoms with Crippen molar-refractivity contribution in [3.8, 4) is 0 Å². The lowest BCUT2D eigenvalue weighted by molar-refractivity contribution is -0.140. The van der Waals surface area contributed by atoms with Gasteiger partial charge in [0, 0.05) is 24.6 Å². The lowest BCUT2D eigenvalue weighted by Gasteiger charge is -2.30. The van der Waals surface area contributed by atoms with Crippen LogP contribution in [0.4, 0.5) is 4.79 Å². The average Bonchev–Trinajstić information content (AvgIpc) is 2.97. The highest BCUT2D eigenvalue weighted by molar-refractivity contribution is 7.99. The van der Waals surface area contributed by atoms with Gasteiger partial charge in [-0.3, -0.25) is 0 Å². The van der Waals surface area contributed by atoms with E-state index >= 15 is 0 Å². The van der Waals surface area contributed by atoms with Crippen LogP contribution in [0.1, 0.15) is 6.42 Å². The van der Waals surface area contributed by atoms with Crippen LogP contribution in [0.25, 0.3) is 0 Å². The third kappa shape index (κ3) is 2.65. The average molecular weight is 276 g/mol. The highest BCUT2D eigenvalue weighted by Gasteiger charge is 2.37. The lowest BCUT2D eigenvalue weighted by Crippen LogP contribution is -2.50. The van der Waals surface area contributed by atoms with Crippen molar-refractivity contribution in [1.29, 1.82) is 0 Å². The second kappa shape index (κ2) is 5.39. The SMILES string of the molecule is CN(C(=O)N1CSCC1C(=O)O)C1CCSC1. The number of hydrogen-bond acceptors (Lipinski definition) is 4. The van der Waals surface area contributed by atoms with Gasteiger partial charge in [0.1, 0.15) is 6.04 Å². The van der Waals surface area contributed by atoms with Gasteiger partial charge in [-0.05, 0) is 12.2 Å². The second-order valence-electron chi connectivity index (χ2n) is 4.23. The molecule has 5 nitrogen and oxygen atoms in total. The Hall–Kier alpha value is -0.560. The fraction of sp³-hybridized carbons (Fsp3) is 0.800. The Labute approximate surface area is 109 Å². The maximum absolute atomic E-state index is 12.2. The fourth-order valence-corrected chi connectivity index (χ4v) is 4.43. The first kappa shape index (κ1) is 12.9. The van der Waals surface area contributed by atoms with Gasteiger partial charge in [0.25, 0.3) is 0 Å². The first-order valence-corrected chi connectivity index (χ1v) is 7.84. The van der Waals surface area contributed by atoms with Crippen LogP contribution < -0.4 is 0 Å². The molecule has 0 spiro atoms. The van der Waals surface area contributed by atoms with E-state index in [0.29, 0.717) is 11.6 Å². The van der Waals surface area contributed by atoms with E-state index in [4.69, 9.17) is 5.11 Å². The summed E-state index contributed by atoms with van der Waals surface area (Å²) in [7, 11) is 1.78. The van der Waals surface area contributed by atoms with Crippen molar-refractivity contribution in [1.82, 2.24) is 9.80 Å². The zero-order valence-corrected chi connectivity index (χ0v) is 11.3. The van der Waals surface area contributed by atoms with E-state index in [1.807, 2.05) is 11.8 Å². The minimum Gasteiger partial charge on any atom is -0.480 e.